The Kier molecular flexibility index (Phi) is 6.77. The van der Waals surface area contributed by atoms with Crippen molar-refractivity contribution in [3.05, 3.63) is 53.6 Å². The van der Waals surface area contributed by atoms with Crippen LogP contribution in [0.2, 0.25) is 0 Å². The van der Waals surface area contributed by atoms with Gasteiger partial charge in [-0.1, -0.05) is 12.1 Å². The Morgan fingerprint density at radius 2 is 1.96 bits per heavy atom. The fourth-order valence-corrected chi connectivity index (χ4v) is 2.64. The van der Waals surface area contributed by atoms with E-state index in [9.17, 15) is 5.11 Å². The predicted molar refractivity (Wildman–Crippen MR) is 110 cm³/mol. The molecule has 5 nitrogen and oxygen atoms in total. The molecule has 2 aromatic carbocycles. The third kappa shape index (κ3) is 5.46. The average Bonchev–Trinajstić information content (AvgIpc) is 2.58. The normalized spacial score (nSPS) is 10.7. The number of nitrogens with one attached hydrogen (secondary N) is 2. The monoisotopic (exact) mass is 356 g/mol. The number of phenols is 1. The van der Waals surface area contributed by atoms with Crippen molar-refractivity contribution in [2.45, 2.75) is 20.8 Å². The van der Waals surface area contributed by atoms with E-state index < -0.39 is 0 Å². The molecule has 2 aromatic rings. The number of rotatable bonds is 6. The highest BCUT2D eigenvalue weighted by Gasteiger charge is 2.05. The van der Waals surface area contributed by atoms with Crippen molar-refractivity contribution in [2.24, 2.45) is 5.10 Å². The van der Waals surface area contributed by atoms with Crippen LogP contribution in [0.3, 0.4) is 0 Å². The zero-order chi connectivity index (χ0) is 18.2. The topological polar surface area (TPSA) is 59.9 Å². The van der Waals surface area contributed by atoms with Gasteiger partial charge in [0.05, 0.1) is 6.21 Å². The van der Waals surface area contributed by atoms with Gasteiger partial charge in [0.25, 0.3) is 0 Å². The first-order valence-electron chi connectivity index (χ1n) is 8.28. The van der Waals surface area contributed by atoms with Crippen molar-refractivity contribution < 1.29 is 5.11 Å². The van der Waals surface area contributed by atoms with Gasteiger partial charge < -0.3 is 15.3 Å². The van der Waals surface area contributed by atoms with Crippen LogP contribution in [-0.2, 0) is 0 Å². The van der Waals surface area contributed by atoms with Crippen LogP contribution < -0.4 is 15.6 Å². The number of nitrogens with zero attached hydrogens (tertiary/aromatic N) is 2. The lowest BCUT2D eigenvalue weighted by atomic mass is 10.2. The fourth-order valence-electron chi connectivity index (χ4n) is 2.47. The van der Waals surface area contributed by atoms with Gasteiger partial charge in [0.15, 0.2) is 5.11 Å². The van der Waals surface area contributed by atoms with E-state index in [-0.39, 0.29) is 5.75 Å². The van der Waals surface area contributed by atoms with Gasteiger partial charge in [-0.3, -0.25) is 5.43 Å². The molecule has 132 valence electrons. The molecule has 0 radical (unpaired) electrons. The third-order valence-corrected chi connectivity index (χ3v) is 3.98. The maximum absolute atomic E-state index is 10.2. The summed E-state index contributed by atoms with van der Waals surface area (Å²) in [6.45, 7) is 7.97. The highest BCUT2D eigenvalue weighted by atomic mass is 32.1. The molecule has 6 heteroatoms. The molecule has 0 saturated heterocycles. The Hall–Kier alpha value is -2.60. The molecule has 0 heterocycles. The lowest BCUT2D eigenvalue weighted by molar-refractivity contribution is 0.474. The molecule has 0 saturated carbocycles. The van der Waals surface area contributed by atoms with Gasteiger partial charge in [-0.25, -0.2) is 0 Å². The van der Waals surface area contributed by atoms with Gasteiger partial charge in [-0.2, -0.15) is 5.10 Å². The summed E-state index contributed by atoms with van der Waals surface area (Å²) < 4.78 is 0. The maximum atomic E-state index is 10.2. The number of hydrogen-bond acceptors (Lipinski definition) is 4. The second-order valence-electron chi connectivity index (χ2n) is 5.61. The van der Waals surface area contributed by atoms with E-state index >= 15 is 0 Å². The van der Waals surface area contributed by atoms with Crippen molar-refractivity contribution in [3.63, 3.8) is 0 Å². The van der Waals surface area contributed by atoms with Gasteiger partial charge in [0.2, 0.25) is 0 Å². The Morgan fingerprint density at radius 1 is 1.20 bits per heavy atom. The number of phenolic OH excluding ortho intramolecular Hbond substituents is 1. The Balaban J connectivity index is 1.96. The summed E-state index contributed by atoms with van der Waals surface area (Å²) in [4.78, 5) is 2.17. The average molecular weight is 356 g/mol. The first-order chi connectivity index (χ1) is 12.0. The van der Waals surface area contributed by atoms with Crippen molar-refractivity contribution in [1.82, 2.24) is 5.43 Å². The van der Waals surface area contributed by atoms with Crippen LogP contribution >= 0.6 is 12.2 Å². The number of aromatic hydroxyl groups is 1. The summed E-state index contributed by atoms with van der Waals surface area (Å²) in [5.74, 6) is 0.188. The van der Waals surface area contributed by atoms with E-state index in [1.807, 2.05) is 43.3 Å². The molecule has 0 bridgehead atoms. The van der Waals surface area contributed by atoms with Gasteiger partial charge in [-0.15, -0.1) is 0 Å². The number of hydrogen-bond donors (Lipinski definition) is 3. The third-order valence-electron chi connectivity index (χ3n) is 3.79. The van der Waals surface area contributed by atoms with Crippen LogP contribution in [0.1, 0.15) is 25.0 Å². The quantitative estimate of drug-likeness (QED) is 0.417. The van der Waals surface area contributed by atoms with Crippen molar-refractivity contribution in [2.75, 3.05) is 23.3 Å². The van der Waals surface area contributed by atoms with Crippen LogP contribution in [0.5, 0.6) is 5.75 Å². The molecule has 3 N–H and O–H groups in total. The molecule has 0 aliphatic rings. The van der Waals surface area contributed by atoms with E-state index in [0.717, 1.165) is 30.0 Å². The molecule has 0 fully saturated rings. The van der Waals surface area contributed by atoms with Gasteiger partial charge in [0.1, 0.15) is 5.75 Å². The first kappa shape index (κ1) is 18.7. The zero-order valence-electron chi connectivity index (χ0n) is 14.8. The van der Waals surface area contributed by atoms with Crippen LogP contribution in [-0.4, -0.2) is 29.5 Å². The van der Waals surface area contributed by atoms with E-state index in [4.69, 9.17) is 12.2 Å². The number of benzene rings is 2. The van der Waals surface area contributed by atoms with Crippen molar-refractivity contribution in [1.29, 1.82) is 0 Å². The molecule has 25 heavy (non-hydrogen) atoms. The summed E-state index contributed by atoms with van der Waals surface area (Å²) in [7, 11) is 0. The van der Waals surface area contributed by atoms with E-state index in [2.05, 4.69) is 34.6 Å². The largest absolute Gasteiger partial charge is 0.507 e. The smallest absolute Gasteiger partial charge is 0.191 e. The van der Waals surface area contributed by atoms with Crippen LogP contribution in [0.4, 0.5) is 11.4 Å². The molecular formula is C19H24N4OS. The number of thiocarbonyl (C=S) groups is 1. The lowest BCUT2D eigenvalue weighted by Gasteiger charge is -2.21. The predicted octanol–water partition coefficient (Wildman–Crippen LogP) is 3.87. The molecule has 0 amide bonds. The van der Waals surface area contributed by atoms with E-state index in [0.29, 0.717) is 10.7 Å². The fraction of sp³-hybridized carbons (Fsp3) is 0.263. The maximum Gasteiger partial charge on any atom is 0.191 e. The number of anilines is 2. The highest BCUT2D eigenvalue weighted by molar-refractivity contribution is 7.80. The summed E-state index contributed by atoms with van der Waals surface area (Å²) >= 11 is 5.21. The van der Waals surface area contributed by atoms with Gasteiger partial charge in [0, 0.05) is 36.1 Å². The molecule has 2 rings (SSSR count). The molecule has 0 unspecified atom stereocenters. The van der Waals surface area contributed by atoms with Gasteiger partial charge >= 0.3 is 0 Å². The Labute approximate surface area is 154 Å². The zero-order valence-corrected chi connectivity index (χ0v) is 15.6. The molecule has 0 spiro atoms. The van der Waals surface area contributed by atoms with Crippen molar-refractivity contribution in [3.8, 4) is 5.75 Å². The summed E-state index contributed by atoms with van der Waals surface area (Å²) in [6, 6.07) is 13.5. The minimum absolute atomic E-state index is 0.188. The lowest BCUT2D eigenvalue weighted by Crippen LogP contribution is -2.23. The summed E-state index contributed by atoms with van der Waals surface area (Å²) in [5.41, 5.74) is 6.42. The Morgan fingerprint density at radius 3 is 2.60 bits per heavy atom. The number of aryl methyl sites for hydroxylation is 1. The second-order valence-corrected chi connectivity index (χ2v) is 6.02. The van der Waals surface area contributed by atoms with Crippen LogP contribution in [0.25, 0.3) is 0 Å². The molecule has 0 atom stereocenters. The SMILES string of the molecule is CCN(CC)c1ccc(/C=N\NC(=S)Nc2cccc(C)c2)c(O)c1. The van der Waals surface area contributed by atoms with Crippen molar-refractivity contribution >= 4 is 34.9 Å². The first-order valence-corrected chi connectivity index (χ1v) is 8.69. The molecular weight excluding hydrogens is 332 g/mol. The van der Waals surface area contributed by atoms with Gasteiger partial charge in [-0.05, 0) is 62.8 Å². The summed E-state index contributed by atoms with van der Waals surface area (Å²) in [6.07, 6.45) is 1.55. The molecule has 0 aliphatic carbocycles. The Bertz CT molecular complexity index is 757. The minimum Gasteiger partial charge on any atom is -0.507 e. The summed E-state index contributed by atoms with van der Waals surface area (Å²) in [5, 5.41) is 17.7. The van der Waals surface area contributed by atoms with Crippen LogP contribution in [0.15, 0.2) is 47.6 Å². The molecule has 0 aliphatic heterocycles. The van der Waals surface area contributed by atoms with E-state index in [1.54, 1.807) is 12.3 Å². The standard InChI is InChI=1S/C19H24N4OS/c1-4-23(5-2)17-10-9-15(18(24)12-17)13-20-22-19(25)21-16-8-6-7-14(3)11-16/h6-13,24H,4-5H2,1-3H3,(H2,21,22,25)/b20-13-. The number of hydrazone groups is 1. The van der Waals surface area contributed by atoms with E-state index in [1.165, 1.54) is 0 Å². The minimum atomic E-state index is 0.188. The second kappa shape index (κ2) is 9.03. The molecule has 0 aromatic heterocycles. The van der Waals surface area contributed by atoms with Crippen LogP contribution in [0, 0.1) is 6.92 Å². The highest BCUT2D eigenvalue weighted by Crippen LogP contribution is 2.23.